The van der Waals surface area contributed by atoms with E-state index in [0.717, 1.165) is 5.56 Å². The number of carbonyl (C=O) groups excluding carboxylic acids is 1. The second-order valence-corrected chi connectivity index (χ2v) is 7.59. The second-order valence-electron chi connectivity index (χ2n) is 6.05. The van der Waals surface area contributed by atoms with Crippen LogP contribution in [0.2, 0.25) is 0 Å². The van der Waals surface area contributed by atoms with Crippen LogP contribution in [0.3, 0.4) is 0 Å². The van der Waals surface area contributed by atoms with Crippen LogP contribution < -0.4 is 0 Å². The van der Waals surface area contributed by atoms with E-state index < -0.39 is 27.0 Å². The summed E-state index contributed by atoms with van der Waals surface area (Å²) in [6.07, 6.45) is 1.75. The van der Waals surface area contributed by atoms with Crippen LogP contribution >= 0.6 is 0 Å². The molecule has 0 radical (unpaired) electrons. The summed E-state index contributed by atoms with van der Waals surface area (Å²) < 4.78 is 68.8. The van der Waals surface area contributed by atoms with Gasteiger partial charge in [-0.05, 0) is 30.9 Å². The number of rotatable bonds is 6. The van der Waals surface area contributed by atoms with E-state index >= 15 is 0 Å². The minimum Gasteiger partial charge on any atom is -0.460 e. The minimum absolute atomic E-state index is 0.0554. The van der Waals surface area contributed by atoms with Gasteiger partial charge in [-0.1, -0.05) is 37.3 Å². The van der Waals surface area contributed by atoms with E-state index in [2.05, 4.69) is 4.18 Å². The predicted octanol–water partition coefficient (Wildman–Crippen LogP) is 4.06. The fourth-order valence-electron chi connectivity index (χ4n) is 2.67. The van der Waals surface area contributed by atoms with Crippen LogP contribution in [0.1, 0.15) is 38.2 Å². The Hall–Kier alpha value is -2.03. The van der Waals surface area contributed by atoms with Crippen molar-refractivity contribution < 1.29 is 35.3 Å². The largest absolute Gasteiger partial charge is 0.534 e. The number of hydrogen-bond acceptors (Lipinski definition) is 5. The highest BCUT2D eigenvalue weighted by molar-refractivity contribution is 7.87. The van der Waals surface area contributed by atoms with Crippen molar-refractivity contribution in [1.82, 2.24) is 0 Å². The van der Waals surface area contributed by atoms with Crippen LogP contribution in [0, 0.1) is 5.41 Å². The number of ether oxygens (including phenoxy) is 1. The SMILES string of the molecule is CCC1(C(=O)OCc2ccccc2)CC=C(OS(=O)(=O)C(F)(F)F)CC1. The summed E-state index contributed by atoms with van der Waals surface area (Å²) in [4.78, 5) is 12.5. The Bertz CT molecular complexity index is 771. The average molecular weight is 392 g/mol. The van der Waals surface area contributed by atoms with Gasteiger partial charge in [0.25, 0.3) is 0 Å². The molecule has 1 aliphatic carbocycles. The van der Waals surface area contributed by atoms with Gasteiger partial charge in [0.15, 0.2) is 0 Å². The molecule has 0 saturated heterocycles. The number of esters is 1. The van der Waals surface area contributed by atoms with E-state index in [-0.39, 0.29) is 31.6 Å². The van der Waals surface area contributed by atoms with E-state index in [1.54, 1.807) is 19.1 Å². The number of hydrogen-bond donors (Lipinski definition) is 0. The molecular formula is C17H19F3O5S. The fraction of sp³-hybridized carbons (Fsp3) is 0.471. The molecular weight excluding hydrogens is 373 g/mol. The summed E-state index contributed by atoms with van der Waals surface area (Å²) in [5, 5.41) is 0. The molecule has 0 N–H and O–H groups in total. The van der Waals surface area contributed by atoms with Crippen molar-refractivity contribution in [2.45, 2.75) is 44.7 Å². The smallest absolute Gasteiger partial charge is 0.460 e. The third-order valence-corrected chi connectivity index (χ3v) is 5.39. The molecule has 0 spiro atoms. The Labute approximate surface area is 149 Å². The zero-order valence-electron chi connectivity index (χ0n) is 14.1. The normalized spacial score (nSPS) is 21.0. The summed E-state index contributed by atoms with van der Waals surface area (Å²) in [6, 6.07) is 9.07. The lowest BCUT2D eigenvalue weighted by Gasteiger charge is -2.32. The zero-order chi connectivity index (χ0) is 19.4. The third kappa shape index (κ3) is 4.57. The molecule has 1 unspecified atom stereocenters. The van der Waals surface area contributed by atoms with Gasteiger partial charge in [0.2, 0.25) is 0 Å². The Balaban J connectivity index is 2.03. The standard InChI is InChI=1S/C17H19F3O5S/c1-2-16(15(21)24-12-13-6-4-3-5-7-13)10-8-14(9-11-16)25-26(22,23)17(18,19)20/h3-8H,2,9-12H2,1H3. The predicted molar refractivity (Wildman–Crippen MR) is 87.0 cm³/mol. The van der Waals surface area contributed by atoms with Crippen LogP contribution in [0.25, 0.3) is 0 Å². The van der Waals surface area contributed by atoms with Gasteiger partial charge < -0.3 is 8.92 Å². The Morgan fingerprint density at radius 3 is 2.38 bits per heavy atom. The van der Waals surface area contributed by atoms with Crippen molar-refractivity contribution in [3.05, 3.63) is 47.7 Å². The van der Waals surface area contributed by atoms with Crippen molar-refractivity contribution >= 4 is 16.1 Å². The van der Waals surface area contributed by atoms with Crippen molar-refractivity contribution in [1.29, 1.82) is 0 Å². The van der Waals surface area contributed by atoms with Crippen molar-refractivity contribution in [2.24, 2.45) is 5.41 Å². The molecule has 2 rings (SSSR count). The summed E-state index contributed by atoms with van der Waals surface area (Å²) in [6.45, 7) is 1.87. The van der Waals surface area contributed by atoms with Crippen LogP contribution in [0.4, 0.5) is 13.2 Å². The van der Waals surface area contributed by atoms with Gasteiger partial charge in [0.1, 0.15) is 12.4 Å². The number of carbonyl (C=O) groups is 1. The molecule has 1 aliphatic rings. The highest BCUT2D eigenvalue weighted by atomic mass is 32.2. The molecule has 0 aromatic heterocycles. The van der Waals surface area contributed by atoms with E-state index in [0.29, 0.717) is 6.42 Å². The molecule has 0 fully saturated rings. The van der Waals surface area contributed by atoms with Crippen molar-refractivity contribution in [3.63, 3.8) is 0 Å². The van der Waals surface area contributed by atoms with E-state index in [1.165, 1.54) is 6.08 Å². The van der Waals surface area contributed by atoms with Gasteiger partial charge in [0, 0.05) is 6.42 Å². The molecule has 0 heterocycles. The molecule has 1 aromatic carbocycles. The van der Waals surface area contributed by atoms with Crippen LogP contribution in [-0.2, 0) is 30.4 Å². The van der Waals surface area contributed by atoms with Gasteiger partial charge in [0.05, 0.1) is 5.41 Å². The maximum Gasteiger partial charge on any atom is 0.534 e. The number of halogens is 3. The summed E-state index contributed by atoms with van der Waals surface area (Å²) >= 11 is 0. The van der Waals surface area contributed by atoms with E-state index in [9.17, 15) is 26.4 Å². The first kappa shape index (κ1) is 20.3. The lowest BCUT2D eigenvalue weighted by Crippen LogP contribution is -2.35. The second kappa shape index (κ2) is 7.69. The Morgan fingerprint density at radius 2 is 1.88 bits per heavy atom. The topological polar surface area (TPSA) is 69.7 Å². The Kier molecular flexibility index (Phi) is 6.00. The number of allylic oxidation sites excluding steroid dienone is 2. The summed E-state index contributed by atoms with van der Waals surface area (Å²) in [7, 11) is -5.69. The van der Waals surface area contributed by atoms with Crippen molar-refractivity contribution in [3.8, 4) is 0 Å². The fourth-order valence-corrected chi connectivity index (χ4v) is 3.19. The molecule has 1 aromatic rings. The van der Waals surface area contributed by atoms with Gasteiger partial charge in [-0.25, -0.2) is 0 Å². The molecule has 0 aliphatic heterocycles. The van der Waals surface area contributed by atoms with E-state index in [4.69, 9.17) is 4.74 Å². The highest BCUT2D eigenvalue weighted by Gasteiger charge is 2.49. The monoisotopic (exact) mass is 392 g/mol. The average Bonchev–Trinajstić information content (AvgIpc) is 2.60. The molecule has 26 heavy (non-hydrogen) atoms. The highest BCUT2D eigenvalue weighted by Crippen LogP contribution is 2.41. The van der Waals surface area contributed by atoms with Gasteiger partial charge in [-0.15, -0.1) is 0 Å². The molecule has 5 nitrogen and oxygen atoms in total. The molecule has 9 heteroatoms. The van der Waals surface area contributed by atoms with Crippen molar-refractivity contribution in [2.75, 3.05) is 0 Å². The first-order valence-electron chi connectivity index (χ1n) is 8.00. The first-order valence-corrected chi connectivity index (χ1v) is 9.41. The van der Waals surface area contributed by atoms with Crippen LogP contribution in [0.5, 0.6) is 0 Å². The quantitative estimate of drug-likeness (QED) is 0.415. The lowest BCUT2D eigenvalue weighted by atomic mass is 9.74. The third-order valence-electron chi connectivity index (χ3n) is 4.39. The molecule has 0 bridgehead atoms. The number of benzene rings is 1. The minimum atomic E-state index is -5.69. The maximum atomic E-state index is 12.5. The van der Waals surface area contributed by atoms with Gasteiger partial charge >= 0.3 is 21.6 Å². The van der Waals surface area contributed by atoms with Crippen LogP contribution in [0.15, 0.2) is 42.2 Å². The Morgan fingerprint density at radius 1 is 1.23 bits per heavy atom. The van der Waals surface area contributed by atoms with Gasteiger partial charge in [-0.2, -0.15) is 21.6 Å². The molecule has 0 saturated carbocycles. The zero-order valence-corrected chi connectivity index (χ0v) is 14.9. The lowest BCUT2D eigenvalue weighted by molar-refractivity contribution is -0.158. The number of alkyl halides is 3. The van der Waals surface area contributed by atoms with Gasteiger partial charge in [-0.3, -0.25) is 4.79 Å². The van der Waals surface area contributed by atoms with E-state index in [1.807, 2.05) is 18.2 Å². The summed E-state index contributed by atoms with van der Waals surface area (Å²) in [5.74, 6) is -0.764. The maximum absolute atomic E-state index is 12.5. The van der Waals surface area contributed by atoms with Crippen LogP contribution in [-0.4, -0.2) is 19.9 Å². The summed E-state index contributed by atoms with van der Waals surface area (Å²) in [5.41, 5.74) is -5.57. The molecule has 144 valence electrons. The first-order chi connectivity index (χ1) is 12.1. The molecule has 0 amide bonds. The molecule has 1 atom stereocenters.